The van der Waals surface area contributed by atoms with Gasteiger partial charge in [0.05, 0.1) is 0 Å². The Labute approximate surface area is 103 Å². The normalized spacial score (nSPS) is 17.4. The van der Waals surface area contributed by atoms with Gasteiger partial charge in [-0.05, 0) is 12.5 Å². The Hall–Kier alpha value is -1.20. The van der Waals surface area contributed by atoms with Crippen LogP contribution in [0.5, 0.6) is 0 Å². The van der Waals surface area contributed by atoms with Gasteiger partial charge < -0.3 is 4.90 Å². The molecule has 1 saturated heterocycles. The molecule has 2 rings (SSSR count). The Morgan fingerprint density at radius 1 is 1.18 bits per heavy atom. The number of hydrogen-bond donors (Lipinski definition) is 1. The van der Waals surface area contributed by atoms with Gasteiger partial charge >= 0.3 is 0 Å². The first-order valence-electron chi connectivity index (χ1n) is 6.40. The molecule has 2 heterocycles. The highest BCUT2D eigenvalue weighted by molar-refractivity contribution is 5.28. The summed E-state index contributed by atoms with van der Waals surface area (Å²) in [5.41, 5.74) is 3.46. The fraction of sp³-hybridized carbons (Fsp3) is 0.667. The molecule has 0 spiro atoms. The van der Waals surface area contributed by atoms with Crippen LogP contribution in [0.3, 0.4) is 0 Å². The lowest BCUT2D eigenvalue weighted by molar-refractivity contribution is 0.175. The van der Waals surface area contributed by atoms with Gasteiger partial charge in [-0.25, -0.2) is 15.0 Å². The van der Waals surface area contributed by atoms with Crippen LogP contribution in [0.2, 0.25) is 0 Å². The summed E-state index contributed by atoms with van der Waals surface area (Å²) in [5.74, 6) is 0.848. The van der Waals surface area contributed by atoms with Gasteiger partial charge in [0.25, 0.3) is 0 Å². The lowest BCUT2D eigenvalue weighted by Gasteiger charge is -2.34. The van der Waals surface area contributed by atoms with E-state index in [9.17, 15) is 0 Å². The number of nitrogens with zero attached hydrogens (tertiary/aromatic N) is 4. The average molecular weight is 235 g/mol. The first-order chi connectivity index (χ1) is 8.40. The third-order valence-electron chi connectivity index (χ3n) is 2.98. The monoisotopic (exact) mass is 235 g/mol. The second-order valence-corrected chi connectivity index (χ2v) is 4.28. The van der Waals surface area contributed by atoms with Crippen LogP contribution in [0, 0.1) is 0 Å². The third kappa shape index (κ3) is 3.64. The summed E-state index contributed by atoms with van der Waals surface area (Å²) in [6.45, 7) is 7.33. The molecule has 0 aromatic carbocycles. The maximum absolute atomic E-state index is 4.28. The molecule has 94 valence electrons. The van der Waals surface area contributed by atoms with Crippen LogP contribution in [0.25, 0.3) is 0 Å². The molecule has 0 atom stereocenters. The highest BCUT2D eigenvalue weighted by atomic mass is 15.5. The average Bonchev–Trinajstić information content (AvgIpc) is 2.41. The summed E-state index contributed by atoms with van der Waals surface area (Å²) in [7, 11) is 0. The molecule has 0 bridgehead atoms. The zero-order valence-electron chi connectivity index (χ0n) is 10.5. The smallest absolute Gasteiger partial charge is 0.225 e. The molecule has 0 saturated carbocycles. The van der Waals surface area contributed by atoms with Crippen molar-refractivity contribution in [1.29, 1.82) is 0 Å². The summed E-state index contributed by atoms with van der Waals surface area (Å²) in [6.07, 6.45) is 6.08. The minimum Gasteiger partial charge on any atom is -0.338 e. The van der Waals surface area contributed by atoms with Crippen LogP contribution in [0.4, 0.5) is 5.95 Å². The maximum atomic E-state index is 4.28. The van der Waals surface area contributed by atoms with E-state index in [2.05, 4.69) is 32.2 Å². The van der Waals surface area contributed by atoms with E-state index >= 15 is 0 Å². The second kappa shape index (κ2) is 6.51. The second-order valence-electron chi connectivity index (χ2n) is 4.28. The minimum absolute atomic E-state index is 0.848. The number of nitrogens with one attached hydrogen (secondary N) is 1. The van der Waals surface area contributed by atoms with Gasteiger partial charge in [-0.15, -0.1) is 0 Å². The van der Waals surface area contributed by atoms with Crippen molar-refractivity contribution in [3.8, 4) is 0 Å². The van der Waals surface area contributed by atoms with E-state index < -0.39 is 0 Å². The van der Waals surface area contributed by atoms with Crippen molar-refractivity contribution in [3.63, 3.8) is 0 Å². The van der Waals surface area contributed by atoms with Gasteiger partial charge in [0.15, 0.2) is 0 Å². The molecule has 1 fully saturated rings. The van der Waals surface area contributed by atoms with E-state index in [0.29, 0.717) is 0 Å². The molecule has 0 radical (unpaired) electrons. The molecular weight excluding hydrogens is 214 g/mol. The fourth-order valence-electron chi connectivity index (χ4n) is 1.93. The number of hydrazine groups is 1. The van der Waals surface area contributed by atoms with Crippen molar-refractivity contribution < 1.29 is 0 Å². The van der Waals surface area contributed by atoms with E-state index in [-0.39, 0.29) is 0 Å². The van der Waals surface area contributed by atoms with Crippen LogP contribution in [-0.2, 0) is 0 Å². The standard InChI is InChI=1S/C12H21N5/c1-2-3-7-15-17-10-8-16(9-11-17)12-13-5-4-6-14-12/h4-6,15H,2-3,7-11H2,1H3. The van der Waals surface area contributed by atoms with Gasteiger partial charge in [0.1, 0.15) is 0 Å². The zero-order valence-corrected chi connectivity index (χ0v) is 10.5. The summed E-state index contributed by atoms with van der Waals surface area (Å²) in [5, 5.41) is 2.30. The Morgan fingerprint density at radius 2 is 1.88 bits per heavy atom. The van der Waals surface area contributed by atoms with Gasteiger partial charge in [-0.3, -0.25) is 5.43 Å². The quantitative estimate of drug-likeness (QED) is 0.768. The lowest BCUT2D eigenvalue weighted by Crippen LogP contribution is -2.52. The molecule has 0 aliphatic carbocycles. The molecule has 0 unspecified atom stereocenters. The Bertz CT molecular complexity index is 308. The first-order valence-corrected chi connectivity index (χ1v) is 6.40. The Kier molecular flexibility index (Phi) is 4.70. The summed E-state index contributed by atoms with van der Waals surface area (Å²) < 4.78 is 0. The number of anilines is 1. The number of aromatic nitrogens is 2. The number of hydrogen-bond acceptors (Lipinski definition) is 5. The summed E-state index contributed by atoms with van der Waals surface area (Å²) in [4.78, 5) is 10.8. The van der Waals surface area contributed by atoms with Crippen LogP contribution >= 0.6 is 0 Å². The zero-order chi connectivity index (χ0) is 11.9. The lowest BCUT2D eigenvalue weighted by atomic mass is 10.3. The number of rotatable bonds is 5. The van der Waals surface area contributed by atoms with E-state index in [1.807, 2.05) is 6.07 Å². The van der Waals surface area contributed by atoms with Gasteiger partial charge in [-0.2, -0.15) is 0 Å². The van der Waals surface area contributed by atoms with Crippen molar-refractivity contribution in [2.45, 2.75) is 19.8 Å². The highest BCUT2D eigenvalue weighted by Gasteiger charge is 2.17. The van der Waals surface area contributed by atoms with Gasteiger partial charge in [0.2, 0.25) is 5.95 Å². The van der Waals surface area contributed by atoms with Crippen LogP contribution in [0.15, 0.2) is 18.5 Å². The first kappa shape index (κ1) is 12.3. The molecule has 0 amide bonds. The molecule has 1 N–H and O–H groups in total. The SMILES string of the molecule is CCCCNN1CCN(c2ncccn2)CC1. The predicted molar refractivity (Wildman–Crippen MR) is 68.7 cm³/mol. The number of unbranched alkanes of at least 4 members (excludes halogenated alkanes) is 1. The third-order valence-corrected chi connectivity index (χ3v) is 2.98. The molecule has 1 aliphatic heterocycles. The fourth-order valence-corrected chi connectivity index (χ4v) is 1.93. The van der Waals surface area contributed by atoms with Gasteiger partial charge in [-0.1, -0.05) is 13.3 Å². The van der Waals surface area contributed by atoms with Crippen molar-refractivity contribution in [2.75, 3.05) is 37.6 Å². The molecule has 5 nitrogen and oxygen atoms in total. The van der Waals surface area contributed by atoms with E-state index in [4.69, 9.17) is 0 Å². The highest BCUT2D eigenvalue weighted by Crippen LogP contribution is 2.08. The van der Waals surface area contributed by atoms with Crippen molar-refractivity contribution in [2.24, 2.45) is 0 Å². The largest absolute Gasteiger partial charge is 0.338 e. The van der Waals surface area contributed by atoms with Crippen LogP contribution in [0.1, 0.15) is 19.8 Å². The minimum atomic E-state index is 0.848. The number of piperazine rings is 1. The summed E-state index contributed by atoms with van der Waals surface area (Å²) in [6, 6.07) is 1.85. The molecule has 5 heteroatoms. The Balaban J connectivity index is 1.74. The molecule has 1 aliphatic rings. The van der Waals surface area contributed by atoms with E-state index in [1.54, 1.807) is 12.4 Å². The van der Waals surface area contributed by atoms with E-state index in [0.717, 1.165) is 38.7 Å². The molecule has 1 aromatic rings. The van der Waals surface area contributed by atoms with Gasteiger partial charge in [0, 0.05) is 45.1 Å². The predicted octanol–water partition coefficient (Wildman–Crippen LogP) is 0.903. The van der Waals surface area contributed by atoms with E-state index in [1.165, 1.54) is 12.8 Å². The van der Waals surface area contributed by atoms with Crippen molar-refractivity contribution >= 4 is 5.95 Å². The maximum Gasteiger partial charge on any atom is 0.225 e. The Morgan fingerprint density at radius 3 is 2.53 bits per heavy atom. The molecule has 1 aromatic heterocycles. The summed E-state index contributed by atoms with van der Waals surface area (Å²) >= 11 is 0. The van der Waals surface area contributed by atoms with Crippen molar-refractivity contribution in [1.82, 2.24) is 20.4 Å². The molecule has 17 heavy (non-hydrogen) atoms. The van der Waals surface area contributed by atoms with Crippen LogP contribution < -0.4 is 10.3 Å². The topological polar surface area (TPSA) is 44.3 Å². The molecular formula is C12H21N5. The van der Waals surface area contributed by atoms with Crippen LogP contribution in [-0.4, -0.2) is 47.7 Å². The van der Waals surface area contributed by atoms with Crippen molar-refractivity contribution in [3.05, 3.63) is 18.5 Å².